The Hall–Kier alpha value is -1.68. The monoisotopic (exact) mass is 292 g/mol. The zero-order valence-corrected chi connectivity index (χ0v) is 11.8. The van der Waals surface area contributed by atoms with E-state index in [1.54, 1.807) is 6.92 Å². The highest BCUT2D eigenvalue weighted by Gasteiger charge is 2.18. The molecule has 1 unspecified atom stereocenters. The van der Waals surface area contributed by atoms with Crippen molar-refractivity contribution in [2.75, 3.05) is 0 Å². The first kappa shape index (κ1) is 13.7. The van der Waals surface area contributed by atoms with Crippen LogP contribution in [0.5, 0.6) is 0 Å². The van der Waals surface area contributed by atoms with E-state index in [0.29, 0.717) is 5.56 Å². The van der Waals surface area contributed by atoms with Crippen molar-refractivity contribution in [3.63, 3.8) is 0 Å². The highest BCUT2D eigenvalue weighted by molar-refractivity contribution is 7.89. The summed E-state index contributed by atoms with van der Waals surface area (Å²) in [4.78, 5) is 1.12. The highest BCUT2D eigenvalue weighted by Crippen LogP contribution is 2.21. The van der Waals surface area contributed by atoms with E-state index in [4.69, 9.17) is 5.26 Å². The lowest BCUT2D eigenvalue weighted by Crippen LogP contribution is -2.26. The first-order chi connectivity index (χ1) is 9.03. The third-order valence-corrected chi connectivity index (χ3v) is 5.21. The molecular weight excluding hydrogens is 280 g/mol. The van der Waals surface area contributed by atoms with E-state index >= 15 is 0 Å². The molecule has 0 aliphatic carbocycles. The molecule has 0 aliphatic rings. The Morgan fingerprint density at radius 2 is 1.95 bits per heavy atom. The number of nitriles is 1. The van der Waals surface area contributed by atoms with E-state index in [0.717, 1.165) is 4.88 Å². The van der Waals surface area contributed by atoms with Crippen molar-refractivity contribution in [1.82, 2.24) is 4.72 Å². The number of thiophene rings is 1. The zero-order chi connectivity index (χ0) is 13.9. The first-order valence-electron chi connectivity index (χ1n) is 5.59. The molecule has 1 N–H and O–H groups in total. The van der Waals surface area contributed by atoms with E-state index < -0.39 is 10.0 Å². The Balaban J connectivity index is 2.20. The summed E-state index contributed by atoms with van der Waals surface area (Å²) in [5, 5.41) is 10.6. The SMILES string of the molecule is CC(NS(=O)(=O)c1ccc(C#N)cc1)c1cccs1. The molecule has 0 bridgehead atoms. The van der Waals surface area contributed by atoms with Crippen molar-refractivity contribution >= 4 is 21.4 Å². The van der Waals surface area contributed by atoms with Gasteiger partial charge in [-0.05, 0) is 42.6 Å². The standard InChI is InChI=1S/C13H12N2O2S2/c1-10(13-3-2-8-18-13)15-19(16,17)12-6-4-11(9-14)5-7-12/h2-8,10,15H,1H3. The quantitative estimate of drug-likeness (QED) is 0.941. The minimum absolute atomic E-state index is 0.162. The molecule has 4 nitrogen and oxygen atoms in total. The molecule has 19 heavy (non-hydrogen) atoms. The summed E-state index contributed by atoms with van der Waals surface area (Å²) in [6, 6.07) is 11.3. The maximum atomic E-state index is 12.1. The van der Waals surface area contributed by atoms with Gasteiger partial charge in [0.1, 0.15) is 0 Å². The number of hydrogen-bond donors (Lipinski definition) is 1. The topological polar surface area (TPSA) is 70.0 Å². The van der Waals surface area contributed by atoms with E-state index in [1.165, 1.54) is 35.6 Å². The molecule has 0 spiro atoms. The fourth-order valence-corrected chi connectivity index (χ4v) is 3.64. The summed E-state index contributed by atoms with van der Waals surface area (Å²) in [5.74, 6) is 0. The molecule has 98 valence electrons. The largest absolute Gasteiger partial charge is 0.241 e. The number of benzene rings is 1. The number of nitrogens with zero attached hydrogens (tertiary/aromatic N) is 1. The maximum absolute atomic E-state index is 12.1. The van der Waals surface area contributed by atoms with Crippen LogP contribution in [0.25, 0.3) is 0 Å². The van der Waals surface area contributed by atoms with Crippen molar-refractivity contribution in [3.05, 3.63) is 52.2 Å². The fourth-order valence-electron chi connectivity index (χ4n) is 1.61. The van der Waals surface area contributed by atoms with Gasteiger partial charge in [-0.15, -0.1) is 11.3 Å². The molecule has 2 aromatic rings. The van der Waals surface area contributed by atoms with Crippen molar-refractivity contribution in [1.29, 1.82) is 5.26 Å². The number of sulfonamides is 1. The van der Waals surface area contributed by atoms with Crippen LogP contribution in [0.15, 0.2) is 46.7 Å². The molecule has 0 aliphatic heterocycles. The van der Waals surface area contributed by atoms with E-state index in [1.807, 2.05) is 23.6 Å². The maximum Gasteiger partial charge on any atom is 0.241 e. The van der Waals surface area contributed by atoms with Crippen molar-refractivity contribution in [3.8, 4) is 6.07 Å². The van der Waals surface area contributed by atoms with Crippen LogP contribution in [-0.4, -0.2) is 8.42 Å². The average molecular weight is 292 g/mol. The summed E-state index contributed by atoms with van der Waals surface area (Å²) >= 11 is 1.50. The lowest BCUT2D eigenvalue weighted by Gasteiger charge is -2.12. The molecule has 0 amide bonds. The molecule has 2 rings (SSSR count). The van der Waals surface area contributed by atoms with Crippen LogP contribution in [0.4, 0.5) is 0 Å². The van der Waals surface area contributed by atoms with Crippen LogP contribution in [0, 0.1) is 11.3 Å². The van der Waals surface area contributed by atoms with Gasteiger partial charge in [-0.1, -0.05) is 6.07 Å². The van der Waals surface area contributed by atoms with Gasteiger partial charge in [0.25, 0.3) is 0 Å². The zero-order valence-electron chi connectivity index (χ0n) is 10.2. The molecular formula is C13H12N2O2S2. The number of hydrogen-bond acceptors (Lipinski definition) is 4. The van der Waals surface area contributed by atoms with Crippen LogP contribution >= 0.6 is 11.3 Å². The Morgan fingerprint density at radius 3 is 2.47 bits per heavy atom. The molecule has 0 radical (unpaired) electrons. The van der Waals surface area contributed by atoms with Crippen molar-refractivity contribution in [2.24, 2.45) is 0 Å². The minimum Gasteiger partial charge on any atom is -0.207 e. The Morgan fingerprint density at radius 1 is 1.26 bits per heavy atom. The summed E-state index contributed by atoms with van der Waals surface area (Å²) in [6.45, 7) is 1.80. The predicted molar refractivity (Wildman–Crippen MR) is 74.2 cm³/mol. The van der Waals surface area contributed by atoms with Gasteiger partial charge >= 0.3 is 0 Å². The Kier molecular flexibility index (Phi) is 4.00. The third-order valence-electron chi connectivity index (χ3n) is 2.60. The fraction of sp³-hybridized carbons (Fsp3) is 0.154. The molecule has 1 atom stereocenters. The first-order valence-corrected chi connectivity index (χ1v) is 7.95. The van der Waals surface area contributed by atoms with E-state index in [-0.39, 0.29) is 10.9 Å². The van der Waals surface area contributed by atoms with Crippen LogP contribution < -0.4 is 4.72 Å². The lowest BCUT2D eigenvalue weighted by molar-refractivity contribution is 0.568. The van der Waals surface area contributed by atoms with Gasteiger partial charge < -0.3 is 0 Å². The van der Waals surface area contributed by atoms with Gasteiger partial charge in [-0.3, -0.25) is 0 Å². The molecule has 0 saturated carbocycles. The second-order valence-corrected chi connectivity index (χ2v) is 6.69. The Labute approximate surface area is 116 Å². The van der Waals surface area contributed by atoms with E-state index in [9.17, 15) is 8.42 Å². The summed E-state index contributed by atoms with van der Waals surface area (Å²) < 4.78 is 26.9. The lowest BCUT2D eigenvalue weighted by atomic mass is 10.2. The van der Waals surface area contributed by atoms with Crippen LogP contribution in [-0.2, 0) is 10.0 Å². The second-order valence-electron chi connectivity index (χ2n) is 3.99. The van der Waals surface area contributed by atoms with Gasteiger partial charge in [0.15, 0.2) is 0 Å². The number of nitrogens with one attached hydrogen (secondary N) is 1. The van der Waals surface area contributed by atoms with Gasteiger partial charge in [0, 0.05) is 4.88 Å². The molecule has 1 aromatic heterocycles. The van der Waals surface area contributed by atoms with Crippen molar-refractivity contribution in [2.45, 2.75) is 17.9 Å². The van der Waals surface area contributed by atoms with Crippen LogP contribution in [0.3, 0.4) is 0 Å². The van der Waals surface area contributed by atoms with Gasteiger partial charge in [0.2, 0.25) is 10.0 Å². The van der Waals surface area contributed by atoms with Crippen LogP contribution in [0.1, 0.15) is 23.4 Å². The highest BCUT2D eigenvalue weighted by atomic mass is 32.2. The number of rotatable bonds is 4. The second kappa shape index (κ2) is 5.53. The Bertz CT molecular complexity index is 683. The summed E-state index contributed by atoms with van der Waals surface area (Å²) in [5.41, 5.74) is 0.435. The van der Waals surface area contributed by atoms with Crippen LogP contribution in [0.2, 0.25) is 0 Å². The molecule has 6 heteroatoms. The predicted octanol–water partition coefficient (Wildman–Crippen LogP) is 2.66. The summed E-state index contributed by atoms with van der Waals surface area (Å²) in [6.07, 6.45) is 0. The molecule has 0 fully saturated rings. The third kappa shape index (κ3) is 3.20. The van der Waals surface area contributed by atoms with Gasteiger partial charge in [-0.2, -0.15) is 5.26 Å². The smallest absolute Gasteiger partial charge is 0.207 e. The average Bonchev–Trinajstić information content (AvgIpc) is 2.92. The molecule has 0 saturated heterocycles. The van der Waals surface area contributed by atoms with E-state index in [2.05, 4.69) is 4.72 Å². The molecule has 1 aromatic carbocycles. The van der Waals surface area contributed by atoms with Gasteiger partial charge in [0.05, 0.1) is 22.6 Å². The molecule has 1 heterocycles. The minimum atomic E-state index is -3.56. The summed E-state index contributed by atoms with van der Waals surface area (Å²) in [7, 11) is -3.56. The normalized spacial score (nSPS) is 12.8. The van der Waals surface area contributed by atoms with Gasteiger partial charge in [-0.25, -0.2) is 13.1 Å². The van der Waals surface area contributed by atoms with Crippen molar-refractivity contribution < 1.29 is 8.42 Å².